The van der Waals surface area contributed by atoms with E-state index in [1.54, 1.807) is 6.20 Å². The fourth-order valence-electron chi connectivity index (χ4n) is 3.70. The van der Waals surface area contributed by atoms with Crippen molar-refractivity contribution in [1.82, 2.24) is 29.9 Å². The summed E-state index contributed by atoms with van der Waals surface area (Å²) in [4.78, 5) is 26.7. The van der Waals surface area contributed by atoms with Gasteiger partial charge in [0.05, 0.1) is 37.0 Å². The minimum Gasteiger partial charge on any atom is -0.378 e. The zero-order chi connectivity index (χ0) is 24.7. The predicted molar refractivity (Wildman–Crippen MR) is 131 cm³/mol. The normalized spacial score (nSPS) is 13.8. The maximum absolute atomic E-state index is 14.2. The molecule has 182 valence electrons. The quantitative estimate of drug-likeness (QED) is 0.385. The van der Waals surface area contributed by atoms with Crippen molar-refractivity contribution in [2.75, 3.05) is 36.5 Å². The van der Waals surface area contributed by atoms with Crippen LogP contribution in [0.15, 0.2) is 65.6 Å². The summed E-state index contributed by atoms with van der Waals surface area (Å²) in [6.45, 7) is 4.44. The molecule has 0 aliphatic carbocycles. The molecule has 0 spiro atoms. The van der Waals surface area contributed by atoms with Crippen LogP contribution in [0.1, 0.15) is 11.3 Å². The second-order valence-corrected chi connectivity index (χ2v) is 8.05. The minimum atomic E-state index is -0.491. The molecule has 4 aromatic rings. The van der Waals surface area contributed by atoms with E-state index in [4.69, 9.17) is 4.74 Å². The van der Waals surface area contributed by atoms with Crippen LogP contribution in [0.4, 0.5) is 27.5 Å². The highest BCUT2D eigenvalue weighted by Crippen LogP contribution is 2.24. The maximum Gasteiger partial charge on any atom is 0.270 e. The van der Waals surface area contributed by atoms with Gasteiger partial charge in [0.25, 0.3) is 5.95 Å². The van der Waals surface area contributed by atoms with E-state index in [-0.39, 0.29) is 18.3 Å². The molecule has 12 heteroatoms. The second kappa shape index (κ2) is 10.9. The van der Waals surface area contributed by atoms with E-state index in [2.05, 4.69) is 45.4 Å². The zero-order valence-electron chi connectivity index (χ0n) is 19.5. The van der Waals surface area contributed by atoms with Gasteiger partial charge < -0.3 is 15.0 Å². The number of anilines is 3. The first-order chi connectivity index (χ1) is 17.6. The number of aromatic nitrogens is 6. The third kappa shape index (κ3) is 5.78. The van der Waals surface area contributed by atoms with Crippen molar-refractivity contribution < 1.29 is 9.13 Å². The first kappa shape index (κ1) is 23.3. The average molecular weight is 487 g/mol. The Bertz CT molecular complexity index is 1350. The van der Waals surface area contributed by atoms with E-state index in [1.165, 1.54) is 12.7 Å². The van der Waals surface area contributed by atoms with Crippen LogP contribution in [-0.2, 0) is 11.3 Å². The Morgan fingerprint density at radius 1 is 1.00 bits per heavy atom. The van der Waals surface area contributed by atoms with Gasteiger partial charge >= 0.3 is 0 Å². The molecule has 11 nitrogen and oxygen atoms in total. The van der Waals surface area contributed by atoms with Gasteiger partial charge in [0.2, 0.25) is 0 Å². The highest BCUT2D eigenvalue weighted by atomic mass is 19.1. The zero-order valence-corrected chi connectivity index (χ0v) is 19.5. The number of halogens is 1. The summed E-state index contributed by atoms with van der Waals surface area (Å²) in [6.07, 6.45) is 5.79. The van der Waals surface area contributed by atoms with Gasteiger partial charge in [0, 0.05) is 24.3 Å². The van der Waals surface area contributed by atoms with Crippen LogP contribution in [-0.4, -0.2) is 56.2 Å². The van der Waals surface area contributed by atoms with Crippen LogP contribution >= 0.6 is 0 Å². The van der Waals surface area contributed by atoms with E-state index in [0.717, 1.165) is 34.4 Å². The van der Waals surface area contributed by atoms with Gasteiger partial charge in [-0.3, -0.25) is 4.98 Å². The van der Waals surface area contributed by atoms with Crippen molar-refractivity contribution in [3.63, 3.8) is 0 Å². The van der Waals surface area contributed by atoms with Crippen LogP contribution < -0.4 is 10.2 Å². The molecule has 1 aliphatic heterocycles. The smallest absolute Gasteiger partial charge is 0.270 e. The van der Waals surface area contributed by atoms with Crippen LogP contribution in [0.25, 0.3) is 11.4 Å². The standard InChI is InChI=1S/C24H23FN10O/c1-16-8-17(22-29-14-26-15-30-22)10-20(9-16)32-19-3-2-18(27-11-19)12-31-34-24-28-13-21(25)23(33-24)35-4-6-36-7-5-35/h2-3,8-11,13-15,32H,4-7,12H2,1H3. The van der Waals surface area contributed by atoms with Crippen molar-refractivity contribution in [3.05, 3.63) is 72.5 Å². The van der Waals surface area contributed by atoms with E-state index in [9.17, 15) is 4.39 Å². The number of aryl methyl sites for hydroxylation is 1. The Morgan fingerprint density at radius 3 is 2.61 bits per heavy atom. The lowest BCUT2D eigenvalue weighted by atomic mass is 10.1. The molecule has 4 heterocycles. The maximum atomic E-state index is 14.2. The Morgan fingerprint density at radius 2 is 1.83 bits per heavy atom. The third-order valence-corrected chi connectivity index (χ3v) is 5.36. The van der Waals surface area contributed by atoms with Crippen LogP contribution in [0.3, 0.4) is 0 Å². The molecule has 1 fully saturated rings. The summed E-state index contributed by atoms with van der Waals surface area (Å²) >= 11 is 0. The lowest BCUT2D eigenvalue weighted by Crippen LogP contribution is -2.37. The van der Waals surface area contributed by atoms with Crippen molar-refractivity contribution in [2.24, 2.45) is 10.2 Å². The predicted octanol–water partition coefficient (Wildman–Crippen LogP) is 4.04. The monoisotopic (exact) mass is 486 g/mol. The van der Waals surface area contributed by atoms with Gasteiger partial charge in [-0.25, -0.2) is 24.3 Å². The average Bonchev–Trinajstić information content (AvgIpc) is 2.91. The number of hydrogen-bond acceptors (Lipinski definition) is 11. The van der Waals surface area contributed by atoms with Gasteiger partial charge in [-0.2, -0.15) is 10.1 Å². The lowest BCUT2D eigenvalue weighted by Gasteiger charge is -2.27. The number of ether oxygens (including phenoxy) is 1. The number of rotatable bonds is 7. The Hall–Kier alpha value is -4.45. The molecule has 0 bridgehead atoms. The van der Waals surface area contributed by atoms with Gasteiger partial charge in [-0.15, -0.1) is 5.11 Å². The molecule has 0 atom stereocenters. The molecular weight excluding hydrogens is 463 g/mol. The number of pyridine rings is 1. The summed E-state index contributed by atoms with van der Waals surface area (Å²) in [5.41, 5.74) is 4.39. The van der Waals surface area contributed by atoms with Gasteiger partial charge in [-0.1, -0.05) is 0 Å². The Balaban J connectivity index is 1.22. The molecule has 36 heavy (non-hydrogen) atoms. The van der Waals surface area contributed by atoms with Crippen molar-refractivity contribution >= 4 is 23.1 Å². The highest BCUT2D eigenvalue weighted by Gasteiger charge is 2.17. The number of hydrogen-bond donors (Lipinski definition) is 1. The number of nitrogens with zero attached hydrogens (tertiary/aromatic N) is 9. The fraction of sp³-hybridized carbons (Fsp3) is 0.250. The van der Waals surface area contributed by atoms with Crippen LogP contribution in [0.2, 0.25) is 0 Å². The van der Waals surface area contributed by atoms with Crippen molar-refractivity contribution in [1.29, 1.82) is 0 Å². The first-order valence-electron chi connectivity index (χ1n) is 11.3. The second-order valence-electron chi connectivity index (χ2n) is 8.05. The van der Waals surface area contributed by atoms with Gasteiger partial charge in [0.1, 0.15) is 19.2 Å². The number of benzene rings is 1. The minimum absolute atomic E-state index is 0.101. The van der Waals surface area contributed by atoms with Gasteiger partial charge in [-0.05, 0) is 42.8 Å². The number of nitrogens with one attached hydrogen (secondary N) is 1. The molecule has 1 N–H and O–H groups in total. The van der Waals surface area contributed by atoms with Crippen molar-refractivity contribution in [3.8, 4) is 11.4 Å². The molecule has 1 aromatic carbocycles. The van der Waals surface area contributed by atoms with E-state index in [0.29, 0.717) is 32.1 Å². The summed E-state index contributed by atoms with van der Waals surface area (Å²) in [6, 6.07) is 9.78. The first-order valence-corrected chi connectivity index (χ1v) is 11.3. The molecule has 1 aliphatic rings. The highest BCUT2D eigenvalue weighted by molar-refractivity contribution is 5.68. The Kier molecular flexibility index (Phi) is 7.03. The van der Waals surface area contributed by atoms with Crippen LogP contribution in [0, 0.1) is 12.7 Å². The molecule has 5 rings (SSSR count). The largest absolute Gasteiger partial charge is 0.378 e. The van der Waals surface area contributed by atoms with E-state index in [1.807, 2.05) is 42.2 Å². The molecule has 1 saturated heterocycles. The summed E-state index contributed by atoms with van der Waals surface area (Å²) in [5, 5.41) is 11.5. The summed E-state index contributed by atoms with van der Waals surface area (Å²) in [7, 11) is 0. The summed E-state index contributed by atoms with van der Waals surface area (Å²) < 4.78 is 19.5. The number of morpholine rings is 1. The molecular formula is C24H23FN10O. The molecule has 0 amide bonds. The van der Waals surface area contributed by atoms with Gasteiger partial charge in [0.15, 0.2) is 17.5 Å². The topological polar surface area (TPSA) is 127 Å². The summed E-state index contributed by atoms with van der Waals surface area (Å²) in [5.74, 6) is 0.433. The van der Waals surface area contributed by atoms with E-state index < -0.39 is 5.82 Å². The molecule has 0 saturated carbocycles. The Labute approximate surface area is 206 Å². The molecule has 3 aromatic heterocycles. The SMILES string of the molecule is Cc1cc(Nc2ccc(CN=Nc3ncc(F)c(N4CCOCC4)n3)nc2)cc(-c2ncncn2)c1. The van der Waals surface area contributed by atoms with Crippen molar-refractivity contribution in [2.45, 2.75) is 13.5 Å². The third-order valence-electron chi connectivity index (χ3n) is 5.36. The fourth-order valence-corrected chi connectivity index (χ4v) is 3.70. The molecule has 0 unspecified atom stereocenters. The molecule has 0 radical (unpaired) electrons. The van der Waals surface area contributed by atoms with E-state index >= 15 is 0 Å². The number of azo groups is 1. The van der Waals surface area contributed by atoms with Crippen LogP contribution in [0.5, 0.6) is 0 Å². The lowest BCUT2D eigenvalue weighted by molar-refractivity contribution is 0.122.